The van der Waals surface area contributed by atoms with Crippen LogP contribution >= 0.6 is 11.3 Å². The van der Waals surface area contributed by atoms with Crippen molar-refractivity contribution in [3.8, 4) is 10.4 Å². The van der Waals surface area contributed by atoms with Crippen LogP contribution in [0.4, 0.5) is 0 Å². The van der Waals surface area contributed by atoms with Gasteiger partial charge in [-0.15, -0.1) is 11.3 Å². The third-order valence-electron chi connectivity index (χ3n) is 4.39. The Morgan fingerprint density at radius 2 is 1.68 bits per heavy atom. The fourth-order valence-electron chi connectivity index (χ4n) is 3.16. The normalized spacial score (nSPS) is 18.4. The van der Waals surface area contributed by atoms with Crippen molar-refractivity contribution in [3.05, 3.63) is 47.3 Å². The van der Waals surface area contributed by atoms with E-state index in [0.29, 0.717) is 0 Å². The Labute approximate surface area is 119 Å². The number of benzene rings is 1. The maximum atomic E-state index is 6.12. The Kier molecular flexibility index (Phi) is 3.72. The second-order valence-corrected chi connectivity index (χ2v) is 6.66. The Balaban J connectivity index is 1.92. The molecule has 0 unspecified atom stereocenters. The van der Waals surface area contributed by atoms with Gasteiger partial charge in [0.25, 0.3) is 0 Å². The molecular formula is C17H21NS. The summed E-state index contributed by atoms with van der Waals surface area (Å²) < 4.78 is 0. The molecule has 0 bridgehead atoms. The molecule has 3 rings (SSSR count). The van der Waals surface area contributed by atoms with Crippen LogP contribution in [0.2, 0.25) is 0 Å². The van der Waals surface area contributed by atoms with E-state index in [0.717, 1.165) is 6.54 Å². The lowest BCUT2D eigenvalue weighted by atomic mass is 9.73. The largest absolute Gasteiger partial charge is 0.330 e. The zero-order valence-corrected chi connectivity index (χ0v) is 12.1. The molecular weight excluding hydrogens is 250 g/mol. The molecule has 0 radical (unpaired) electrons. The number of thiophene rings is 1. The van der Waals surface area contributed by atoms with Crippen molar-refractivity contribution in [1.82, 2.24) is 0 Å². The summed E-state index contributed by atoms with van der Waals surface area (Å²) in [5, 5.41) is 0. The van der Waals surface area contributed by atoms with Gasteiger partial charge in [-0.1, -0.05) is 49.6 Å². The van der Waals surface area contributed by atoms with E-state index in [1.54, 1.807) is 0 Å². The van der Waals surface area contributed by atoms with Crippen LogP contribution in [0.1, 0.15) is 37.0 Å². The maximum absolute atomic E-state index is 6.12. The van der Waals surface area contributed by atoms with E-state index in [9.17, 15) is 0 Å². The zero-order chi connectivity index (χ0) is 13.1. The summed E-state index contributed by atoms with van der Waals surface area (Å²) in [5.41, 5.74) is 7.71. The first-order valence-corrected chi connectivity index (χ1v) is 8.02. The van der Waals surface area contributed by atoms with Crippen LogP contribution in [-0.2, 0) is 5.41 Å². The van der Waals surface area contributed by atoms with E-state index < -0.39 is 0 Å². The number of nitrogens with two attached hydrogens (primary N) is 1. The molecule has 0 amide bonds. The Bertz CT molecular complexity index is 523. The molecule has 19 heavy (non-hydrogen) atoms. The molecule has 100 valence electrons. The lowest BCUT2D eigenvalue weighted by Crippen LogP contribution is -2.36. The summed E-state index contributed by atoms with van der Waals surface area (Å²) in [6.45, 7) is 0.793. The second kappa shape index (κ2) is 5.48. The van der Waals surface area contributed by atoms with Gasteiger partial charge in [-0.2, -0.15) is 0 Å². The fraction of sp³-hybridized carbons (Fsp3) is 0.412. The molecule has 1 aromatic carbocycles. The molecule has 1 nitrogen and oxygen atoms in total. The van der Waals surface area contributed by atoms with Gasteiger partial charge in [0.15, 0.2) is 0 Å². The third kappa shape index (κ3) is 2.47. The smallest absolute Gasteiger partial charge is 0.0345 e. The van der Waals surface area contributed by atoms with Crippen molar-refractivity contribution in [2.75, 3.05) is 6.54 Å². The second-order valence-electron chi connectivity index (χ2n) is 5.58. The first-order chi connectivity index (χ1) is 9.34. The summed E-state index contributed by atoms with van der Waals surface area (Å²) in [7, 11) is 0. The van der Waals surface area contributed by atoms with Crippen molar-refractivity contribution in [2.45, 2.75) is 37.5 Å². The van der Waals surface area contributed by atoms with Crippen LogP contribution < -0.4 is 5.73 Å². The highest BCUT2D eigenvalue weighted by atomic mass is 32.1. The highest BCUT2D eigenvalue weighted by molar-refractivity contribution is 7.15. The van der Waals surface area contributed by atoms with E-state index >= 15 is 0 Å². The van der Waals surface area contributed by atoms with Gasteiger partial charge >= 0.3 is 0 Å². The monoisotopic (exact) mass is 271 g/mol. The van der Waals surface area contributed by atoms with Gasteiger partial charge in [-0.3, -0.25) is 0 Å². The van der Waals surface area contributed by atoms with Gasteiger partial charge in [-0.25, -0.2) is 0 Å². The van der Waals surface area contributed by atoms with E-state index in [4.69, 9.17) is 5.73 Å². The van der Waals surface area contributed by atoms with Gasteiger partial charge < -0.3 is 5.73 Å². The summed E-state index contributed by atoms with van der Waals surface area (Å²) in [5.74, 6) is 0. The Morgan fingerprint density at radius 3 is 2.37 bits per heavy atom. The SMILES string of the molecule is NCC1(c2ccc(-c3ccccc3)s2)CCCCC1. The molecule has 1 aromatic heterocycles. The molecule has 0 spiro atoms. The predicted molar refractivity (Wildman–Crippen MR) is 83.6 cm³/mol. The van der Waals surface area contributed by atoms with Crippen LogP contribution in [0, 0.1) is 0 Å². The molecule has 1 aliphatic rings. The first kappa shape index (κ1) is 12.9. The van der Waals surface area contributed by atoms with Gasteiger partial charge in [-0.05, 0) is 30.5 Å². The molecule has 2 aromatic rings. The van der Waals surface area contributed by atoms with Crippen LogP contribution in [0.15, 0.2) is 42.5 Å². The van der Waals surface area contributed by atoms with Gasteiger partial charge in [0.2, 0.25) is 0 Å². The lowest BCUT2D eigenvalue weighted by molar-refractivity contribution is 0.306. The van der Waals surface area contributed by atoms with Crippen LogP contribution in [0.5, 0.6) is 0 Å². The fourth-order valence-corrected chi connectivity index (χ4v) is 4.43. The minimum Gasteiger partial charge on any atom is -0.330 e. The van der Waals surface area contributed by atoms with Crippen LogP contribution in [-0.4, -0.2) is 6.54 Å². The lowest BCUT2D eigenvalue weighted by Gasteiger charge is -2.35. The quantitative estimate of drug-likeness (QED) is 0.869. The van der Waals surface area contributed by atoms with Gasteiger partial charge in [0.1, 0.15) is 0 Å². The number of hydrogen-bond acceptors (Lipinski definition) is 2. The van der Waals surface area contributed by atoms with Crippen molar-refractivity contribution in [3.63, 3.8) is 0 Å². The molecule has 0 atom stereocenters. The summed E-state index contributed by atoms with van der Waals surface area (Å²) in [4.78, 5) is 2.86. The molecule has 0 saturated heterocycles. The van der Waals surface area contributed by atoms with E-state index in [1.165, 1.54) is 47.4 Å². The van der Waals surface area contributed by atoms with E-state index in [2.05, 4.69) is 42.5 Å². The molecule has 1 heterocycles. The molecule has 2 heteroatoms. The van der Waals surface area contributed by atoms with Crippen molar-refractivity contribution < 1.29 is 0 Å². The average molecular weight is 271 g/mol. The van der Waals surface area contributed by atoms with Crippen molar-refractivity contribution >= 4 is 11.3 Å². The standard InChI is InChI=1S/C17H21NS/c18-13-17(11-5-2-6-12-17)16-10-9-15(19-16)14-7-3-1-4-8-14/h1,3-4,7-10H,2,5-6,11-13,18H2. The third-order valence-corrected chi connectivity index (χ3v) is 5.77. The van der Waals surface area contributed by atoms with Crippen molar-refractivity contribution in [1.29, 1.82) is 0 Å². The molecule has 0 aliphatic heterocycles. The van der Waals surface area contributed by atoms with Gasteiger partial charge in [0, 0.05) is 21.7 Å². The van der Waals surface area contributed by atoms with Crippen LogP contribution in [0.3, 0.4) is 0 Å². The minimum atomic E-state index is 0.260. The molecule has 1 fully saturated rings. The molecule has 2 N–H and O–H groups in total. The van der Waals surface area contributed by atoms with E-state index in [1.807, 2.05) is 11.3 Å². The number of hydrogen-bond donors (Lipinski definition) is 1. The zero-order valence-electron chi connectivity index (χ0n) is 11.3. The molecule has 1 saturated carbocycles. The average Bonchev–Trinajstić information content (AvgIpc) is 2.99. The summed E-state index contributed by atoms with van der Waals surface area (Å²) in [6.07, 6.45) is 6.56. The molecule has 1 aliphatic carbocycles. The highest BCUT2D eigenvalue weighted by Gasteiger charge is 2.33. The van der Waals surface area contributed by atoms with Crippen molar-refractivity contribution in [2.24, 2.45) is 5.73 Å². The minimum absolute atomic E-state index is 0.260. The van der Waals surface area contributed by atoms with E-state index in [-0.39, 0.29) is 5.41 Å². The van der Waals surface area contributed by atoms with Gasteiger partial charge in [0.05, 0.1) is 0 Å². The maximum Gasteiger partial charge on any atom is 0.0345 e. The number of rotatable bonds is 3. The first-order valence-electron chi connectivity index (χ1n) is 7.20. The highest BCUT2D eigenvalue weighted by Crippen LogP contribution is 2.43. The topological polar surface area (TPSA) is 26.0 Å². The summed E-state index contributed by atoms with van der Waals surface area (Å²) in [6, 6.07) is 15.2. The Hall–Kier alpha value is -1.12. The summed E-state index contributed by atoms with van der Waals surface area (Å²) >= 11 is 1.94. The Morgan fingerprint density at radius 1 is 0.947 bits per heavy atom. The van der Waals surface area contributed by atoms with Crippen LogP contribution in [0.25, 0.3) is 10.4 Å². The predicted octanol–water partition coefficient (Wildman–Crippen LogP) is 4.58.